The van der Waals surface area contributed by atoms with E-state index in [0.717, 1.165) is 4.90 Å². The second kappa shape index (κ2) is 6.64. The Balaban J connectivity index is 2.04. The first kappa shape index (κ1) is 16.7. The van der Waals surface area contributed by atoms with Crippen LogP contribution in [0.5, 0.6) is 0 Å². The minimum atomic E-state index is -4.40. The van der Waals surface area contributed by atoms with Crippen molar-refractivity contribution in [2.75, 3.05) is 13.1 Å². The van der Waals surface area contributed by atoms with Gasteiger partial charge >= 0.3 is 6.18 Å². The molecule has 0 bridgehead atoms. The largest absolute Gasteiger partial charge is 0.406 e. The van der Waals surface area contributed by atoms with Crippen LogP contribution in [0.15, 0.2) is 24.3 Å². The van der Waals surface area contributed by atoms with Crippen molar-refractivity contribution >= 4 is 5.91 Å². The molecule has 3 nitrogen and oxygen atoms in total. The molecule has 7 heteroatoms. The second-order valence-corrected chi connectivity index (χ2v) is 5.37. The number of carbonyl (C=O) groups excluding carboxylic acids is 1. The van der Waals surface area contributed by atoms with Gasteiger partial charge in [0, 0.05) is 18.2 Å². The van der Waals surface area contributed by atoms with E-state index in [0.29, 0.717) is 18.4 Å². The topological polar surface area (TPSA) is 32.3 Å². The third-order valence-electron chi connectivity index (χ3n) is 3.76. The third kappa shape index (κ3) is 3.97. The van der Waals surface area contributed by atoms with Crippen molar-refractivity contribution < 1.29 is 22.4 Å². The predicted octanol–water partition coefficient (Wildman–Crippen LogP) is 3.03. The van der Waals surface area contributed by atoms with Gasteiger partial charge in [0.2, 0.25) is 5.91 Å². The number of nitrogens with zero attached hydrogens (tertiary/aromatic N) is 1. The number of amides is 1. The number of benzene rings is 1. The summed E-state index contributed by atoms with van der Waals surface area (Å²) < 4.78 is 51.0. The van der Waals surface area contributed by atoms with Crippen molar-refractivity contribution in [3.05, 3.63) is 35.6 Å². The van der Waals surface area contributed by atoms with Gasteiger partial charge in [0.05, 0.1) is 6.04 Å². The minimum Gasteiger partial charge on any atom is -0.332 e. The summed E-state index contributed by atoms with van der Waals surface area (Å²) in [6.45, 7) is 0.654. The van der Waals surface area contributed by atoms with Crippen molar-refractivity contribution in [3.63, 3.8) is 0 Å². The number of hydrogen-bond acceptors (Lipinski definition) is 2. The van der Waals surface area contributed by atoms with Gasteiger partial charge in [-0.1, -0.05) is 25.1 Å². The summed E-state index contributed by atoms with van der Waals surface area (Å²) in [6, 6.07) is 5.09. The van der Waals surface area contributed by atoms with E-state index in [1.54, 1.807) is 18.2 Å². The summed E-state index contributed by atoms with van der Waals surface area (Å²) in [5, 5.41) is 2.99. The fourth-order valence-corrected chi connectivity index (χ4v) is 2.70. The molecule has 1 saturated heterocycles. The Morgan fingerprint density at radius 1 is 1.36 bits per heavy atom. The molecule has 1 aliphatic heterocycles. The van der Waals surface area contributed by atoms with Gasteiger partial charge in [-0.3, -0.25) is 10.1 Å². The quantitative estimate of drug-likeness (QED) is 0.847. The monoisotopic (exact) mass is 318 g/mol. The molecule has 1 fully saturated rings. The van der Waals surface area contributed by atoms with E-state index in [1.165, 1.54) is 6.07 Å². The van der Waals surface area contributed by atoms with Crippen LogP contribution >= 0.6 is 0 Å². The Morgan fingerprint density at radius 3 is 2.64 bits per heavy atom. The summed E-state index contributed by atoms with van der Waals surface area (Å²) in [6.07, 6.45) is -3.58. The van der Waals surface area contributed by atoms with E-state index >= 15 is 0 Å². The number of alkyl halides is 3. The van der Waals surface area contributed by atoms with Crippen LogP contribution in [0, 0.1) is 5.82 Å². The van der Waals surface area contributed by atoms with Crippen molar-refractivity contribution in [2.45, 2.75) is 38.0 Å². The van der Waals surface area contributed by atoms with Gasteiger partial charge in [-0.2, -0.15) is 13.2 Å². The average molecular weight is 318 g/mol. The van der Waals surface area contributed by atoms with Crippen LogP contribution in [-0.2, 0) is 4.79 Å². The number of halogens is 4. The van der Waals surface area contributed by atoms with Gasteiger partial charge in [-0.15, -0.1) is 0 Å². The first-order chi connectivity index (χ1) is 10.3. The lowest BCUT2D eigenvalue weighted by molar-refractivity contribution is -0.158. The molecule has 1 aliphatic rings. The normalized spacial score (nSPS) is 20.5. The number of hydrogen-bond donors (Lipinski definition) is 1. The number of carbonyl (C=O) groups is 1. The van der Waals surface area contributed by atoms with Gasteiger partial charge in [0.15, 0.2) is 0 Å². The Labute approximate surface area is 126 Å². The van der Waals surface area contributed by atoms with E-state index in [1.807, 2.05) is 6.92 Å². The fraction of sp³-hybridized carbons (Fsp3) is 0.533. The fourth-order valence-electron chi connectivity index (χ4n) is 2.70. The second-order valence-electron chi connectivity index (χ2n) is 5.37. The van der Waals surface area contributed by atoms with E-state index in [4.69, 9.17) is 0 Å². The molecule has 1 amide bonds. The number of likely N-dealkylation sites (tertiary alicyclic amines) is 1. The van der Waals surface area contributed by atoms with Crippen LogP contribution in [0.25, 0.3) is 0 Å². The highest BCUT2D eigenvalue weighted by atomic mass is 19.4. The maximum Gasteiger partial charge on any atom is 0.406 e. The number of nitrogens with one attached hydrogen (secondary N) is 1. The van der Waals surface area contributed by atoms with Crippen LogP contribution in [0.2, 0.25) is 0 Å². The molecule has 0 aliphatic carbocycles. The maximum atomic E-state index is 13.8. The Bertz CT molecular complexity index is 533. The van der Waals surface area contributed by atoms with E-state index in [9.17, 15) is 22.4 Å². The summed E-state index contributed by atoms with van der Waals surface area (Å²) in [5.41, 5.74) is 0.423. The predicted molar refractivity (Wildman–Crippen MR) is 73.6 cm³/mol. The molecule has 0 radical (unpaired) electrons. The molecule has 1 N–H and O–H groups in total. The zero-order valence-electron chi connectivity index (χ0n) is 12.2. The third-order valence-corrected chi connectivity index (χ3v) is 3.76. The molecule has 2 atom stereocenters. The molecule has 122 valence electrons. The zero-order chi connectivity index (χ0) is 16.3. The van der Waals surface area contributed by atoms with Crippen molar-refractivity contribution in [1.29, 1.82) is 0 Å². The Morgan fingerprint density at radius 2 is 2.05 bits per heavy atom. The molecular formula is C15H18F4N2O. The summed E-state index contributed by atoms with van der Waals surface area (Å²) in [7, 11) is 0. The highest BCUT2D eigenvalue weighted by molar-refractivity contribution is 5.84. The molecule has 1 heterocycles. The van der Waals surface area contributed by atoms with Crippen LogP contribution in [-0.4, -0.2) is 36.1 Å². The highest BCUT2D eigenvalue weighted by Gasteiger charge is 2.39. The van der Waals surface area contributed by atoms with E-state index < -0.39 is 30.7 Å². The van der Waals surface area contributed by atoms with Gasteiger partial charge < -0.3 is 4.90 Å². The SMILES string of the molecule is CC[C@@H](N[C@@H]1CCN(CC(F)(F)F)C1=O)c1ccccc1F. The molecule has 2 rings (SSSR count). The molecule has 0 unspecified atom stereocenters. The van der Waals surface area contributed by atoms with Crippen LogP contribution < -0.4 is 5.32 Å². The summed E-state index contributed by atoms with van der Waals surface area (Å²) in [4.78, 5) is 12.8. The van der Waals surface area contributed by atoms with Crippen molar-refractivity contribution in [3.8, 4) is 0 Å². The van der Waals surface area contributed by atoms with E-state index in [-0.39, 0.29) is 12.4 Å². The van der Waals surface area contributed by atoms with Gasteiger partial charge in [-0.25, -0.2) is 4.39 Å². The molecule has 0 aromatic heterocycles. The smallest absolute Gasteiger partial charge is 0.332 e. The molecule has 22 heavy (non-hydrogen) atoms. The zero-order valence-corrected chi connectivity index (χ0v) is 12.2. The van der Waals surface area contributed by atoms with Gasteiger partial charge in [0.1, 0.15) is 12.4 Å². The molecule has 0 spiro atoms. The minimum absolute atomic E-state index is 0.0592. The highest BCUT2D eigenvalue weighted by Crippen LogP contribution is 2.25. The van der Waals surface area contributed by atoms with Crippen LogP contribution in [0.4, 0.5) is 17.6 Å². The summed E-state index contributed by atoms with van der Waals surface area (Å²) in [5.74, 6) is -0.966. The van der Waals surface area contributed by atoms with Gasteiger partial charge in [0.25, 0.3) is 0 Å². The first-order valence-electron chi connectivity index (χ1n) is 7.18. The summed E-state index contributed by atoms with van der Waals surface area (Å²) >= 11 is 0. The first-order valence-corrected chi connectivity index (χ1v) is 7.18. The lowest BCUT2D eigenvalue weighted by Gasteiger charge is -2.23. The van der Waals surface area contributed by atoms with Crippen LogP contribution in [0.3, 0.4) is 0 Å². The Kier molecular flexibility index (Phi) is 5.05. The lowest BCUT2D eigenvalue weighted by Crippen LogP contribution is -2.43. The standard InChI is InChI=1S/C15H18F4N2O/c1-2-12(10-5-3-4-6-11(10)16)20-13-7-8-21(14(13)22)9-15(17,18)19/h3-6,12-13,20H,2,7-9H2,1H3/t12-,13-/m1/s1. The molecule has 0 saturated carbocycles. The van der Waals surface area contributed by atoms with Gasteiger partial charge in [-0.05, 0) is 18.9 Å². The van der Waals surface area contributed by atoms with Crippen molar-refractivity contribution in [2.24, 2.45) is 0 Å². The average Bonchev–Trinajstić information content (AvgIpc) is 2.76. The lowest BCUT2D eigenvalue weighted by atomic mass is 10.0. The molecule has 1 aromatic rings. The molecule has 1 aromatic carbocycles. The molecular weight excluding hydrogens is 300 g/mol. The van der Waals surface area contributed by atoms with E-state index in [2.05, 4.69) is 5.32 Å². The van der Waals surface area contributed by atoms with Crippen LogP contribution in [0.1, 0.15) is 31.4 Å². The van der Waals surface area contributed by atoms with Crippen molar-refractivity contribution in [1.82, 2.24) is 10.2 Å². The maximum absolute atomic E-state index is 13.8. The number of rotatable bonds is 5. The Hall–Kier alpha value is -1.63.